The van der Waals surface area contributed by atoms with E-state index in [1.807, 2.05) is 6.92 Å². The summed E-state index contributed by atoms with van der Waals surface area (Å²) in [5.74, 6) is 0.506. The van der Waals surface area contributed by atoms with Gasteiger partial charge in [-0.1, -0.05) is 0 Å². The van der Waals surface area contributed by atoms with E-state index in [-0.39, 0.29) is 18.0 Å². The van der Waals surface area contributed by atoms with Gasteiger partial charge in [-0.25, -0.2) is 4.79 Å². The summed E-state index contributed by atoms with van der Waals surface area (Å²) in [7, 11) is 0. The van der Waals surface area contributed by atoms with Gasteiger partial charge in [-0.15, -0.1) is 0 Å². The summed E-state index contributed by atoms with van der Waals surface area (Å²) >= 11 is 0. The fourth-order valence-electron chi connectivity index (χ4n) is 2.20. The molecular weight excluding hydrogens is 220 g/mol. The van der Waals surface area contributed by atoms with Crippen LogP contribution in [0.2, 0.25) is 0 Å². The molecule has 4 nitrogen and oxygen atoms in total. The zero-order valence-electron chi connectivity index (χ0n) is 9.49. The van der Waals surface area contributed by atoms with Gasteiger partial charge in [0, 0.05) is 17.0 Å². The third-order valence-corrected chi connectivity index (χ3v) is 3.07. The maximum absolute atomic E-state index is 11.6. The summed E-state index contributed by atoms with van der Waals surface area (Å²) in [6.07, 6.45) is 0. The molecule has 1 aromatic heterocycles. The average molecular weight is 230 g/mol. The molecule has 4 heteroatoms. The number of benzene rings is 1. The highest BCUT2D eigenvalue weighted by Crippen LogP contribution is 2.35. The summed E-state index contributed by atoms with van der Waals surface area (Å²) in [5.41, 5.74) is 2.21. The van der Waals surface area contributed by atoms with Crippen molar-refractivity contribution in [3.8, 4) is 5.75 Å². The predicted octanol–water partition coefficient (Wildman–Crippen LogP) is 1.98. The van der Waals surface area contributed by atoms with Crippen molar-refractivity contribution in [1.29, 1.82) is 0 Å². The Kier molecular flexibility index (Phi) is 1.90. The molecule has 0 fully saturated rings. The molecule has 86 valence electrons. The van der Waals surface area contributed by atoms with Gasteiger partial charge in [0.1, 0.15) is 11.3 Å². The van der Waals surface area contributed by atoms with Crippen molar-refractivity contribution < 1.29 is 13.9 Å². The standard InChI is InChI=1S/C13H10O4/c1-6-3-11(15)17-13-7(2)12-9(4-8(6)13)10(14)5-16-12/h3-4H,5H2,1-2H3. The lowest BCUT2D eigenvalue weighted by Gasteiger charge is -2.07. The van der Waals surface area contributed by atoms with Gasteiger partial charge >= 0.3 is 5.63 Å². The van der Waals surface area contributed by atoms with E-state index in [0.29, 0.717) is 22.5 Å². The smallest absolute Gasteiger partial charge is 0.336 e. The summed E-state index contributed by atoms with van der Waals surface area (Å²) in [6, 6.07) is 3.17. The molecule has 0 spiro atoms. The second-order valence-corrected chi connectivity index (χ2v) is 4.22. The summed E-state index contributed by atoms with van der Waals surface area (Å²) in [5, 5.41) is 0.791. The first-order valence-corrected chi connectivity index (χ1v) is 5.32. The maximum Gasteiger partial charge on any atom is 0.336 e. The van der Waals surface area contributed by atoms with Crippen LogP contribution in [-0.4, -0.2) is 12.4 Å². The van der Waals surface area contributed by atoms with Crippen molar-refractivity contribution in [2.75, 3.05) is 6.61 Å². The molecule has 2 heterocycles. The van der Waals surface area contributed by atoms with Crippen LogP contribution in [0.5, 0.6) is 5.75 Å². The van der Waals surface area contributed by atoms with Crippen LogP contribution in [0, 0.1) is 13.8 Å². The molecule has 0 saturated heterocycles. The Hall–Kier alpha value is -2.10. The highest BCUT2D eigenvalue weighted by molar-refractivity contribution is 6.06. The van der Waals surface area contributed by atoms with Crippen LogP contribution in [0.15, 0.2) is 21.3 Å². The van der Waals surface area contributed by atoms with E-state index in [1.165, 1.54) is 6.07 Å². The molecule has 3 rings (SSSR count). The van der Waals surface area contributed by atoms with Gasteiger partial charge in [0.25, 0.3) is 0 Å². The lowest BCUT2D eigenvalue weighted by atomic mass is 10.0. The third-order valence-electron chi connectivity index (χ3n) is 3.07. The number of rotatable bonds is 0. The molecule has 17 heavy (non-hydrogen) atoms. The number of aryl methyl sites for hydroxylation is 2. The Morgan fingerprint density at radius 3 is 2.71 bits per heavy atom. The number of ketones is 1. The van der Waals surface area contributed by atoms with Crippen molar-refractivity contribution in [1.82, 2.24) is 0 Å². The van der Waals surface area contributed by atoms with E-state index < -0.39 is 0 Å². The van der Waals surface area contributed by atoms with E-state index in [4.69, 9.17) is 9.15 Å². The zero-order chi connectivity index (χ0) is 12.2. The first-order chi connectivity index (χ1) is 8.08. The predicted molar refractivity (Wildman–Crippen MR) is 61.8 cm³/mol. The molecule has 0 unspecified atom stereocenters. The molecule has 0 atom stereocenters. The minimum atomic E-state index is -0.387. The van der Waals surface area contributed by atoms with Gasteiger partial charge in [0.05, 0.1) is 5.56 Å². The number of carbonyl (C=O) groups is 1. The Bertz CT molecular complexity index is 709. The number of carbonyl (C=O) groups excluding carboxylic acids is 1. The minimum Gasteiger partial charge on any atom is -0.484 e. The summed E-state index contributed by atoms with van der Waals surface area (Å²) in [6.45, 7) is 3.68. The molecule has 0 aliphatic carbocycles. The van der Waals surface area contributed by atoms with Gasteiger partial charge in [-0.2, -0.15) is 0 Å². The maximum atomic E-state index is 11.6. The van der Waals surface area contributed by atoms with Gasteiger partial charge < -0.3 is 9.15 Å². The van der Waals surface area contributed by atoms with Crippen molar-refractivity contribution >= 4 is 16.8 Å². The number of hydrogen-bond acceptors (Lipinski definition) is 4. The Labute approximate surface area is 96.8 Å². The Balaban J connectivity index is 2.52. The molecular formula is C13H10O4. The molecule has 1 aromatic carbocycles. The quantitative estimate of drug-likeness (QED) is 0.649. The fraction of sp³-hybridized carbons (Fsp3) is 0.231. The number of Topliss-reactive ketones (excluding diaryl/α,β-unsaturated/α-hetero) is 1. The van der Waals surface area contributed by atoms with Crippen LogP contribution in [0.4, 0.5) is 0 Å². The van der Waals surface area contributed by atoms with E-state index in [2.05, 4.69) is 0 Å². The first kappa shape index (κ1) is 10.1. The SMILES string of the molecule is Cc1cc(=O)oc2c(C)c3c(cc12)C(=O)CO3. The van der Waals surface area contributed by atoms with Gasteiger partial charge in [-0.3, -0.25) is 4.79 Å². The van der Waals surface area contributed by atoms with Crippen LogP contribution in [0.25, 0.3) is 11.0 Å². The number of hydrogen-bond donors (Lipinski definition) is 0. The lowest BCUT2D eigenvalue weighted by molar-refractivity contribution is 0.0961. The van der Waals surface area contributed by atoms with Gasteiger partial charge in [0.15, 0.2) is 6.61 Å². The Morgan fingerprint density at radius 2 is 1.94 bits per heavy atom. The highest BCUT2D eigenvalue weighted by Gasteiger charge is 2.25. The second-order valence-electron chi connectivity index (χ2n) is 4.22. The molecule has 2 aromatic rings. The molecule has 0 amide bonds. The van der Waals surface area contributed by atoms with Gasteiger partial charge in [-0.05, 0) is 25.5 Å². The largest absolute Gasteiger partial charge is 0.484 e. The second kappa shape index (κ2) is 3.20. The van der Waals surface area contributed by atoms with Gasteiger partial charge in [0.2, 0.25) is 5.78 Å². The minimum absolute atomic E-state index is 0.0319. The molecule has 1 aliphatic heterocycles. The topological polar surface area (TPSA) is 56.5 Å². The molecule has 1 aliphatic rings. The normalized spacial score (nSPS) is 13.9. The average Bonchev–Trinajstić information content (AvgIpc) is 2.63. The van der Waals surface area contributed by atoms with Crippen LogP contribution >= 0.6 is 0 Å². The van der Waals surface area contributed by atoms with Crippen LogP contribution < -0.4 is 10.4 Å². The fourth-order valence-corrected chi connectivity index (χ4v) is 2.20. The van der Waals surface area contributed by atoms with Crippen LogP contribution in [0.1, 0.15) is 21.5 Å². The molecule has 0 N–H and O–H groups in total. The highest BCUT2D eigenvalue weighted by atomic mass is 16.5. The Morgan fingerprint density at radius 1 is 1.18 bits per heavy atom. The molecule has 0 saturated carbocycles. The van der Waals surface area contributed by atoms with Crippen molar-refractivity contribution in [3.05, 3.63) is 39.2 Å². The summed E-state index contributed by atoms with van der Waals surface area (Å²) < 4.78 is 10.5. The molecule has 0 radical (unpaired) electrons. The third kappa shape index (κ3) is 1.30. The van der Waals surface area contributed by atoms with E-state index in [1.54, 1.807) is 13.0 Å². The number of ether oxygens (including phenoxy) is 1. The van der Waals surface area contributed by atoms with Crippen molar-refractivity contribution in [2.45, 2.75) is 13.8 Å². The van der Waals surface area contributed by atoms with Crippen molar-refractivity contribution in [3.63, 3.8) is 0 Å². The van der Waals surface area contributed by atoms with Crippen molar-refractivity contribution in [2.24, 2.45) is 0 Å². The summed E-state index contributed by atoms with van der Waals surface area (Å²) in [4.78, 5) is 23.0. The van der Waals surface area contributed by atoms with E-state index in [0.717, 1.165) is 10.9 Å². The molecule has 0 bridgehead atoms. The zero-order valence-corrected chi connectivity index (χ0v) is 9.49. The lowest BCUT2D eigenvalue weighted by Crippen LogP contribution is -2.00. The van der Waals surface area contributed by atoms with Crippen LogP contribution in [-0.2, 0) is 0 Å². The number of fused-ring (bicyclic) bond motifs is 2. The van der Waals surface area contributed by atoms with E-state index >= 15 is 0 Å². The van der Waals surface area contributed by atoms with E-state index in [9.17, 15) is 9.59 Å². The first-order valence-electron chi connectivity index (χ1n) is 5.32. The monoisotopic (exact) mass is 230 g/mol. The van der Waals surface area contributed by atoms with Crippen LogP contribution in [0.3, 0.4) is 0 Å².